The number of esters is 2. The third kappa shape index (κ3) is 7.67. The predicted octanol–water partition coefficient (Wildman–Crippen LogP) is 2.02. The summed E-state index contributed by atoms with van der Waals surface area (Å²) in [6.45, 7) is 2.52. The summed E-state index contributed by atoms with van der Waals surface area (Å²) in [5, 5.41) is 0. The van der Waals surface area contributed by atoms with Crippen LogP contribution in [-0.4, -0.2) is 59.2 Å². The van der Waals surface area contributed by atoms with Crippen LogP contribution in [0.1, 0.15) is 18.1 Å². The molecule has 0 saturated carbocycles. The molecule has 26 heavy (non-hydrogen) atoms. The zero-order valence-corrected chi connectivity index (χ0v) is 15.7. The molecule has 0 saturated heterocycles. The van der Waals surface area contributed by atoms with Gasteiger partial charge >= 0.3 is 11.9 Å². The highest BCUT2D eigenvalue weighted by atomic mass is 16.6. The average molecular weight is 366 g/mol. The molecule has 0 radical (unpaired) electrons. The number of methoxy groups -OCH3 is 3. The number of rotatable bonds is 11. The van der Waals surface area contributed by atoms with Crippen LogP contribution in [0.4, 0.5) is 0 Å². The Bertz CT molecular complexity index is 604. The van der Waals surface area contributed by atoms with Crippen molar-refractivity contribution in [2.45, 2.75) is 19.4 Å². The first kappa shape index (κ1) is 21.7. The third-order valence-corrected chi connectivity index (χ3v) is 3.38. The summed E-state index contributed by atoms with van der Waals surface area (Å²) in [6, 6.07) is 5.23. The molecule has 0 aliphatic carbocycles. The molecule has 0 spiro atoms. The first-order chi connectivity index (χ1) is 12.5. The molecule has 0 heterocycles. The smallest absolute Gasteiger partial charge is 0.330 e. The molecule has 0 aliphatic rings. The Hall–Kier alpha value is -2.38. The molecular formula is C19H26O7. The van der Waals surface area contributed by atoms with Gasteiger partial charge in [0.2, 0.25) is 0 Å². The lowest BCUT2D eigenvalue weighted by Gasteiger charge is -2.16. The molecule has 1 aromatic carbocycles. The summed E-state index contributed by atoms with van der Waals surface area (Å²) >= 11 is 0. The zero-order valence-electron chi connectivity index (χ0n) is 15.7. The first-order valence-corrected chi connectivity index (χ1v) is 8.23. The van der Waals surface area contributed by atoms with E-state index < -0.39 is 18.0 Å². The highest BCUT2D eigenvalue weighted by Crippen LogP contribution is 2.20. The third-order valence-electron chi connectivity index (χ3n) is 3.38. The van der Waals surface area contributed by atoms with E-state index in [-0.39, 0.29) is 19.6 Å². The monoisotopic (exact) mass is 366 g/mol. The van der Waals surface area contributed by atoms with Crippen molar-refractivity contribution >= 4 is 18.0 Å². The average Bonchev–Trinajstić information content (AvgIpc) is 2.61. The van der Waals surface area contributed by atoms with Gasteiger partial charge in [-0.05, 0) is 36.3 Å². The maximum Gasteiger partial charge on any atom is 0.330 e. The minimum atomic E-state index is -0.478. The zero-order chi connectivity index (χ0) is 19.4. The van der Waals surface area contributed by atoms with Gasteiger partial charge in [-0.1, -0.05) is 6.07 Å². The molecule has 0 N–H and O–H groups in total. The van der Waals surface area contributed by atoms with Gasteiger partial charge in [0.05, 0.1) is 33.4 Å². The van der Waals surface area contributed by atoms with Crippen molar-refractivity contribution in [3.05, 3.63) is 35.4 Å². The molecule has 0 amide bonds. The van der Waals surface area contributed by atoms with Gasteiger partial charge < -0.3 is 23.7 Å². The van der Waals surface area contributed by atoms with Crippen LogP contribution < -0.4 is 4.74 Å². The molecular weight excluding hydrogens is 340 g/mol. The lowest BCUT2D eigenvalue weighted by atomic mass is 10.0. The van der Waals surface area contributed by atoms with Gasteiger partial charge in [-0.15, -0.1) is 0 Å². The number of carbonyl (C=O) groups excluding carboxylic acids is 2. The van der Waals surface area contributed by atoms with Crippen LogP contribution in [-0.2, 0) is 35.0 Å². The van der Waals surface area contributed by atoms with Gasteiger partial charge in [0.1, 0.15) is 11.9 Å². The molecule has 0 fully saturated rings. The van der Waals surface area contributed by atoms with Crippen molar-refractivity contribution in [1.82, 2.24) is 0 Å². The van der Waals surface area contributed by atoms with Crippen molar-refractivity contribution < 1.29 is 33.3 Å². The van der Waals surface area contributed by atoms with E-state index >= 15 is 0 Å². The summed E-state index contributed by atoms with van der Waals surface area (Å²) < 4.78 is 25.5. The van der Waals surface area contributed by atoms with Crippen molar-refractivity contribution in [3.8, 4) is 5.75 Å². The van der Waals surface area contributed by atoms with Gasteiger partial charge in [-0.2, -0.15) is 0 Å². The van der Waals surface area contributed by atoms with Gasteiger partial charge in [-0.3, -0.25) is 4.79 Å². The highest BCUT2D eigenvalue weighted by molar-refractivity contribution is 5.87. The molecule has 0 atom stereocenters. The minimum Gasteiger partial charge on any atom is -0.497 e. The quantitative estimate of drug-likeness (QED) is 0.438. The summed E-state index contributed by atoms with van der Waals surface area (Å²) in [6.07, 6.45) is 2.46. The van der Waals surface area contributed by atoms with Crippen LogP contribution in [0.25, 0.3) is 6.08 Å². The van der Waals surface area contributed by atoms with E-state index in [2.05, 4.69) is 0 Å². The van der Waals surface area contributed by atoms with Crippen molar-refractivity contribution in [3.63, 3.8) is 0 Å². The summed E-state index contributed by atoms with van der Waals surface area (Å²) in [4.78, 5) is 23.8. The Morgan fingerprint density at radius 3 is 2.38 bits per heavy atom. The van der Waals surface area contributed by atoms with Gasteiger partial charge in [0, 0.05) is 20.3 Å². The fourth-order valence-corrected chi connectivity index (χ4v) is 2.24. The largest absolute Gasteiger partial charge is 0.497 e. The number of benzene rings is 1. The standard InChI is InChI=1S/C19H26O7/c1-5-25-18(20)9-7-14-10-16(24-4)8-6-15(14)11-19(21)26-17(12-22-2)13-23-3/h6-10,17H,5,11-13H2,1-4H3/b9-7+. The topological polar surface area (TPSA) is 80.3 Å². The fraction of sp³-hybridized carbons (Fsp3) is 0.474. The van der Waals surface area contributed by atoms with Gasteiger partial charge in [-0.25, -0.2) is 4.79 Å². The Morgan fingerprint density at radius 1 is 1.12 bits per heavy atom. The van der Waals surface area contributed by atoms with Crippen LogP contribution >= 0.6 is 0 Å². The van der Waals surface area contributed by atoms with E-state index in [4.69, 9.17) is 23.7 Å². The SMILES string of the molecule is CCOC(=O)/C=C/c1cc(OC)ccc1CC(=O)OC(COC)COC. The van der Waals surface area contributed by atoms with Crippen molar-refractivity contribution in [2.75, 3.05) is 41.2 Å². The van der Waals surface area contributed by atoms with Crippen LogP contribution in [0.15, 0.2) is 24.3 Å². The number of hydrogen-bond acceptors (Lipinski definition) is 7. The van der Waals surface area contributed by atoms with Crippen LogP contribution in [0.2, 0.25) is 0 Å². The van der Waals surface area contributed by atoms with Crippen LogP contribution in [0.3, 0.4) is 0 Å². The normalized spacial score (nSPS) is 11.0. The van der Waals surface area contributed by atoms with E-state index in [1.54, 1.807) is 38.3 Å². The molecule has 0 unspecified atom stereocenters. The van der Waals surface area contributed by atoms with Gasteiger partial charge in [0.15, 0.2) is 0 Å². The Morgan fingerprint density at radius 2 is 1.81 bits per heavy atom. The molecule has 0 aromatic heterocycles. The number of hydrogen-bond donors (Lipinski definition) is 0. The van der Waals surface area contributed by atoms with E-state index in [1.807, 2.05) is 0 Å². The molecule has 0 aliphatic heterocycles. The lowest BCUT2D eigenvalue weighted by Crippen LogP contribution is -2.28. The molecule has 1 aromatic rings. The van der Waals surface area contributed by atoms with E-state index in [1.165, 1.54) is 20.3 Å². The molecule has 7 heteroatoms. The maximum absolute atomic E-state index is 12.2. The van der Waals surface area contributed by atoms with E-state index in [0.29, 0.717) is 23.5 Å². The number of carbonyl (C=O) groups is 2. The maximum atomic E-state index is 12.2. The highest BCUT2D eigenvalue weighted by Gasteiger charge is 2.16. The Kier molecular flexibility index (Phi) is 10.0. The second-order valence-electron chi connectivity index (χ2n) is 5.35. The Labute approximate surface area is 153 Å². The predicted molar refractivity (Wildman–Crippen MR) is 96.0 cm³/mol. The molecule has 144 valence electrons. The van der Waals surface area contributed by atoms with Gasteiger partial charge in [0.25, 0.3) is 0 Å². The molecule has 0 bridgehead atoms. The fourth-order valence-electron chi connectivity index (χ4n) is 2.24. The lowest BCUT2D eigenvalue weighted by molar-refractivity contribution is -0.153. The second kappa shape index (κ2) is 12.1. The van der Waals surface area contributed by atoms with Crippen LogP contribution in [0.5, 0.6) is 5.75 Å². The summed E-state index contributed by atoms with van der Waals surface area (Å²) in [7, 11) is 4.60. The first-order valence-electron chi connectivity index (χ1n) is 8.23. The van der Waals surface area contributed by atoms with E-state index in [0.717, 1.165) is 0 Å². The second-order valence-corrected chi connectivity index (χ2v) is 5.35. The Balaban J connectivity index is 2.89. The van der Waals surface area contributed by atoms with Crippen molar-refractivity contribution in [1.29, 1.82) is 0 Å². The van der Waals surface area contributed by atoms with E-state index in [9.17, 15) is 9.59 Å². The molecule has 7 nitrogen and oxygen atoms in total. The number of ether oxygens (including phenoxy) is 5. The van der Waals surface area contributed by atoms with Crippen LogP contribution in [0, 0.1) is 0 Å². The molecule has 1 rings (SSSR count). The summed E-state index contributed by atoms with van der Waals surface area (Å²) in [5.41, 5.74) is 1.37. The minimum absolute atomic E-state index is 0.0381. The van der Waals surface area contributed by atoms with Crippen molar-refractivity contribution in [2.24, 2.45) is 0 Å². The summed E-state index contributed by atoms with van der Waals surface area (Å²) in [5.74, 6) is -0.258.